The molecule has 0 heterocycles. The van der Waals surface area contributed by atoms with Crippen LogP contribution in [0.2, 0.25) is 0 Å². The normalized spacial score (nSPS) is 12.6. The van der Waals surface area contributed by atoms with Crippen molar-refractivity contribution in [1.29, 1.82) is 0 Å². The molecule has 0 aliphatic carbocycles. The van der Waals surface area contributed by atoms with E-state index in [1.807, 2.05) is 30.3 Å². The molecule has 1 atom stereocenters. The third-order valence-electron chi connectivity index (χ3n) is 2.46. The number of hydrogen-bond acceptors (Lipinski definition) is 4. The number of methoxy groups -OCH3 is 1. The topological polar surface area (TPSA) is 52.6 Å². The Bertz CT molecular complexity index is 431. The van der Waals surface area contributed by atoms with Gasteiger partial charge in [0, 0.05) is 0 Å². The fourth-order valence-corrected chi connectivity index (χ4v) is 1.63. The van der Waals surface area contributed by atoms with Crippen LogP contribution in [0.5, 0.6) is 0 Å². The molecule has 1 aromatic carbocycles. The van der Waals surface area contributed by atoms with Crippen LogP contribution >= 0.6 is 0 Å². The molecule has 4 nitrogen and oxygen atoms in total. The third kappa shape index (κ3) is 5.12. The van der Waals surface area contributed by atoms with Gasteiger partial charge in [-0.25, -0.2) is 0 Å². The van der Waals surface area contributed by atoms with Crippen LogP contribution < -0.4 is 0 Å². The van der Waals surface area contributed by atoms with E-state index in [-0.39, 0.29) is 6.42 Å². The van der Waals surface area contributed by atoms with Gasteiger partial charge >= 0.3 is 11.9 Å². The highest BCUT2D eigenvalue weighted by molar-refractivity contribution is 5.95. The molecule has 1 rings (SSSR count). The Morgan fingerprint density at radius 2 is 1.68 bits per heavy atom. The molecule has 4 heteroatoms. The molecule has 0 radical (unpaired) electrons. The summed E-state index contributed by atoms with van der Waals surface area (Å²) in [5.41, 5.74) is 0.267. The van der Waals surface area contributed by atoms with Crippen LogP contribution in [0.1, 0.15) is 26.3 Å². The molecule has 0 saturated heterocycles. The van der Waals surface area contributed by atoms with Crippen LogP contribution in [0.25, 0.3) is 0 Å². The largest absolute Gasteiger partial charge is 0.468 e. The minimum absolute atomic E-state index is 0.280. The number of rotatable bonds is 4. The molecule has 0 unspecified atom stereocenters. The van der Waals surface area contributed by atoms with E-state index in [2.05, 4.69) is 4.74 Å². The first kappa shape index (κ1) is 15.2. The lowest BCUT2D eigenvalue weighted by Crippen LogP contribution is -2.34. The Labute approximate surface area is 113 Å². The zero-order chi connectivity index (χ0) is 14.5. The average molecular weight is 264 g/mol. The average Bonchev–Trinajstić information content (AvgIpc) is 2.34. The van der Waals surface area contributed by atoms with E-state index in [9.17, 15) is 9.59 Å². The minimum atomic E-state index is -0.924. The lowest BCUT2D eigenvalue weighted by Gasteiger charge is -2.22. The van der Waals surface area contributed by atoms with E-state index >= 15 is 0 Å². The second kappa shape index (κ2) is 6.36. The number of esters is 2. The van der Waals surface area contributed by atoms with Crippen molar-refractivity contribution in [3.8, 4) is 0 Å². The summed E-state index contributed by atoms with van der Waals surface area (Å²) in [7, 11) is 1.27. The van der Waals surface area contributed by atoms with Crippen molar-refractivity contribution in [2.24, 2.45) is 5.92 Å². The Kier molecular flexibility index (Phi) is 5.10. The van der Waals surface area contributed by atoms with E-state index in [0.717, 1.165) is 5.56 Å². The number of benzene rings is 1. The lowest BCUT2D eigenvalue weighted by atomic mass is 9.99. The number of ether oxygens (including phenoxy) is 2. The molecule has 0 fully saturated rings. The maximum atomic E-state index is 12.0. The molecule has 0 N–H and O–H groups in total. The monoisotopic (exact) mass is 264 g/mol. The summed E-state index contributed by atoms with van der Waals surface area (Å²) < 4.78 is 9.94. The SMILES string of the molecule is COC(=O)[C@@H](Cc1ccccc1)C(=O)OC(C)(C)C. The molecular weight excluding hydrogens is 244 g/mol. The quantitative estimate of drug-likeness (QED) is 0.619. The van der Waals surface area contributed by atoms with Gasteiger partial charge in [-0.2, -0.15) is 0 Å². The molecule has 1 aromatic rings. The highest BCUT2D eigenvalue weighted by atomic mass is 16.6. The summed E-state index contributed by atoms with van der Waals surface area (Å²) in [6.45, 7) is 5.30. The number of carbonyl (C=O) groups is 2. The number of carbonyl (C=O) groups excluding carboxylic acids is 2. The highest BCUT2D eigenvalue weighted by Crippen LogP contribution is 2.16. The van der Waals surface area contributed by atoms with Crippen LogP contribution in [0, 0.1) is 5.92 Å². The van der Waals surface area contributed by atoms with Gasteiger partial charge in [0.05, 0.1) is 7.11 Å². The van der Waals surface area contributed by atoms with E-state index in [1.54, 1.807) is 20.8 Å². The molecule has 0 saturated carbocycles. The van der Waals surface area contributed by atoms with Gasteiger partial charge in [0.1, 0.15) is 5.60 Å². The predicted molar refractivity (Wildman–Crippen MR) is 71.5 cm³/mol. The summed E-state index contributed by atoms with van der Waals surface area (Å²) in [6, 6.07) is 9.32. The van der Waals surface area contributed by atoms with Crippen molar-refractivity contribution in [3.63, 3.8) is 0 Å². The van der Waals surface area contributed by atoms with Crippen molar-refractivity contribution in [3.05, 3.63) is 35.9 Å². The van der Waals surface area contributed by atoms with Crippen LogP contribution in [0.15, 0.2) is 30.3 Å². The van der Waals surface area contributed by atoms with Gasteiger partial charge in [-0.3, -0.25) is 9.59 Å². The predicted octanol–water partition coefficient (Wildman–Crippen LogP) is 2.36. The molecule has 0 amide bonds. The fourth-order valence-electron chi connectivity index (χ4n) is 1.63. The lowest BCUT2D eigenvalue weighted by molar-refractivity contribution is -0.168. The van der Waals surface area contributed by atoms with E-state index in [1.165, 1.54) is 7.11 Å². The molecule has 0 spiro atoms. The fraction of sp³-hybridized carbons (Fsp3) is 0.467. The van der Waals surface area contributed by atoms with Crippen LogP contribution in [0.4, 0.5) is 0 Å². The number of hydrogen-bond donors (Lipinski definition) is 0. The standard InChI is InChI=1S/C15H20O4/c1-15(2,3)19-14(17)12(13(16)18-4)10-11-8-6-5-7-9-11/h5-9,12H,10H2,1-4H3/t12-/m1/s1. The molecular formula is C15H20O4. The Morgan fingerprint density at radius 3 is 2.16 bits per heavy atom. The van der Waals surface area contributed by atoms with Gasteiger partial charge in [-0.1, -0.05) is 30.3 Å². The van der Waals surface area contributed by atoms with Gasteiger partial charge in [0.15, 0.2) is 5.92 Å². The van der Waals surface area contributed by atoms with Gasteiger partial charge in [-0.15, -0.1) is 0 Å². The summed E-state index contributed by atoms with van der Waals surface area (Å²) in [4.78, 5) is 23.8. The van der Waals surface area contributed by atoms with Gasteiger partial charge < -0.3 is 9.47 Å². The van der Waals surface area contributed by atoms with Crippen molar-refractivity contribution in [2.75, 3.05) is 7.11 Å². The van der Waals surface area contributed by atoms with Crippen molar-refractivity contribution >= 4 is 11.9 Å². The van der Waals surface area contributed by atoms with Gasteiger partial charge in [0.2, 0.25) is 0 Å². The summed E-state index contributed by atoms with van der Waals surface area (Å²) in [5, 5.41) is 0. The van der Waals surface area contributed by atoms with E-state index in [4.69, 9.17) is 4.74 Å². The van der Waals surface area contributed by atoms with Crippen molar-refractivity contribution in [2.45, 2.75) is 32.8 Å². The molecule has 19 heavy (non-hydrogen) atoms. The van der Waals surface area contributed by atoms with Gasteiger partial charge in [-0.05, 0) is 32.8 Å². The van der Waals surface area contributed by atoms with Crippen molar-refractivity contribution in [1.82, 2.24) is 0 Å². The third-order valence-corrected chi connectivity index (χ3v) is 2.46. The molecule has 0 aromatic heterocycles. The summed E-state index contributed by atoms with van der Waals surface area (Å²) in [6.07, 6.45) is 0.280. The second-order valence-corrected chi connectivity index (χ2v) is 5.30. The second-order valence-electron chi connectivity index (χ2n) is 5.30. The maximum Gasteiger partial charge on any atom is 0.321 e. The molecule has 0 aliphatic rings. The first-order valence-corrected chi connectivity index (χ1v) is 6.18. The molecule has 0 bridgehead atoms. The zero-order valence-electron chi connectivity index (χ0n) is 11.8. The Morgan fingerprint density at radius 1 is 1.11 bits per heavy atom. The minimum Gasteiger partial charge on any atom is -0.468 e. The maximum absolute atomic E-state index is 12.0. The molecule has 0 aliphatic heterocycles. The van der Waals surface area contributed by atoms with Crippen LogP contribution in [0.3, 0.4) is 0 Å². The summed E-state index contributed by atoms with van der Waals surface area (Å²) in [5.74, 6) is -2.05. The zero-order valence-corrected chi connectivity index (χ0v) is 11.8. The first-order valence-electron chi connectivity index (χ1n) is 6.18. The van der Waals surface area contributed by atoms with Crippen LogP contribution in [-0.4, -0.2) is 24.6 Å². The van der Waals surface area contributed by atoms with E-state index < -0.39 is 23.5 Å². The van der Waals surface area contributed by atoms with Crippen molar-refractivity contribution < 1.29 is 19.1 Å². The first-order chi connectivity index (χ1) is 8.83. The highest BCUT2D eigenvalue weighted by Gasteiger charge is 2.32. The Balaban J connectivity index is 2.84. The smallest absolute Gasteiger partial charge is 0.321 e. The van der Waals surface area contributed by atoms with Gasteiger partial charge in [0.25, 0.3) is 0 Å². The van der Waals surface area contributed by atoms with E-state index in [0.29, 0.717) is 0 Å². The van der Waals surface area contributed by atoms with Crippen LogP contribution in [-0.2, 0) is 25.5 Å². The molecule has 104 valence electrons. The summed E-state index contributed by atoms with van der Waals surface area (Å²) >= 11 is 0. The Hall–Kier alpha value is -1.84.